The van der Waals surface area contributed by atoms with Crippen molar-refractivity contribution in [1.82, 2.24) is 0 Å². The number of hydrogen-bond donors (Lipinski definition) is 1. The third-order valence-corrected chi connectivity index (χ3v) is 0. The molecule has 0 unspecified atom stereocenters. The van der Waals surface area contributed by atoms with Gasteiger partial charge in [0.25, 0.3) is 0 Å². The molecule has 44 valence electrons. The molecule has 0 aromatic heterocycles. The zero-order chi connectivity index (χ0) is 6.28. The third-order valence-electron chi connectivity index (χ3n) is 0. The molecule has 0 saturated carbocycles. The fourth-order valence-electron chi connectivity index (χ4n) is 0. The molecular weight excluding hydrogens is 229 g/mol. The van der Waals surface area contributed by atoms with Gasteiger partial charge in [0.2, 0.25) is 0 Å². The number of carboxylic acids is 1. The van der Waals surface area contributed by atoms with Crippen molar-refractivity contribution in [3.8, 4) is 0 Å². The third kappa shape index (κ3) is 143. The molecule has 0 radical (unpaired) electrons. The molecule has 4 heteroatoms. The Morgan fingerprint density at radius 2 is 1.75 bits per heavy atom. The predicted octanol–water partition coefficient (Wildman–Crippen LogP) is -4.24. The molecule has 0 aromatic rings. The Hall–Kier alpha value is 1.48. The van der Waals surface area contributed by atoms with Crippen LogP contribution < -0.4 is 74.0 Å². The Morgan fingerprint density at radius 3 is 1.75 bits per heavy atom. The number of carbonyl (C=O) groups is 1. The molecule has 0 aromatic carbocycles. The second kappa shape index (κ2) is 15.8. The van der Waals surface area contributed by atoms with E-state index in [0.29, 0.717) is 0 Å². The van der Waals surface area contributed by atoms with Gasteiger partial charge >= 0.3 is 68.9 Å². The van der Waals surface area contributed by atoms with Gasteiger partial charge in [-0.05, 0) is 13.8 Å². The zero-order valence-electron chi connectivity index (χ0n) is 5.47. The summed E-state index contributed by atoms with van der Waals surface area (Å²) in [7, 11) is 0. The van der Waals surface area contributed by atoms with E-state index in [2.05, 4.69) is 0 Å². The Kier molecular flexibility index (Phi) is 32.1. The van der Waals surface area contributed by atoms with E-state index in [1.54, 1.807) is 6.92 Å². The van der Waals surface area contributed by atoms with Crippen molar-refractivity contribution in [3.63, 3.8) is 0 Å². The zero-order valence-corrected chi connectivity index (χ0v) is 11.8. The Balaban J connectivity index is -0.0000000575. The molecular formula is C4H9CsO3. The Labute approximate surface area is 108 Å². The van der Waals surface area contributed by atoms with Gasteiger partial charge in [0.1, 0.15) is 0 Å². The Morgan fingerprint density at radius 1 is 1.75 bits per heavy atom. The summed E-state index contributed by atoms with van der Waals surface area (Å²) in [5.74, 6) is -1.08. The molecule has 0 aliphatic heterocycles. The molecule has 0 atom stereocenters. The van der Waals surface area contributed by atoms with E-state index in [1.165, 1.54) is 0 Å². The molecule has 3 nitrogen and oxygen atoms in total. The summed E-state index contributed by atoms with van der Waals surface area (Å²) >= 11 is 0. The summed E-state index contributed by atoms with van der Waals surface area (Å²) < 4.78 is 0. The average molecular weight is 238 g/mol. The van der Waals surface area contributed by atoms with Gasteiger partial charge in [0.05, 0.1) is 0 Å². The van der Waals surface area contributed by atoms with E-state index in [-0.39, 0.29) is 75.5 Å². The van der Waals surface area contributed by atoms with E-state index in [4.69, 9.17) is 15.0 Å². The molecule has 0 spiro atoms. The molecule has 0 saturated heterocycles. The molecule has 0 rings (SSSR count). The second-order valence-corrected chi connectivity index (χ2v) is 0.808. The van der Waals surface area contributed by atoms with Gasteiger partial charge in [0, 0.05) is 12.6 Å². The van der Waals surface area contributed by atoms with Crippen molar-refractivity contribution in [1.29, 1.82) is 0 Å². The minimum atomic E-state index is -1.08. The van der Waals surface area contributed by atoms with Crippen LogP contribution in [0, 0.1) is 0 Å². The molecule has 0 heterocycles. The van der Waals surface area contributed by atoms with Crippen LogP contribution in [0.25, 0.3) is 0 Å². The first-order valence-corrected chi connectivity index (χ1v) is 1.93. The molecule has 0 fully saturated rings. The van der Waals surface area contributed by atoms with Crippen LogP contribution in [0.1, 0.15) is 13.8 Å². The normalized spacial score (nSPS) is 5.38. The minimum absolute atomic E-state index is 0. The minimum Gasteiger partial charge on any atom is -0.550 e. The number of aliphatic hydroxyl groups excluding tert-OH is 1. The van der Waals surface area contributed by atoms with Crippen LogP contribution in [0.2, 0.25) is 0 Å². The summed E-state index contributed by atoms with van der Waals surface area (Å²) in [6.45, 7) is 2.90. The van der Waals surface area contributed by atoms with Crippen LogP contribution in [0.5, 0.6) is 0 Å². The molecule has 8 heavy (non-hydrogen) atoms. The second-order valence-electron chi connectivity index (χ2n) is 0.808. The molecule has 0 aliphatic carbocycles. The fraction of sp³-hybridized carbons (Fsp3) is 0.750. The number of aliphatic carboxylic acids is 1. The topological polar surface area (TPSA) is 60.4 Å². The summed E-state index contributed by atoms with van der Waals surface area (Å²) in [6, 6.07) is 0. The maximum absolute atomic E-state index is 8.89. The van der Waals surface area contributed by atoms with E-state index in [0.717, 1.165) is 6.92 Å². The Bertz CT molecular complexity index is 42.5. The standard InChI is InChI=1S/C2H4O2.C2H6O.Cs/c1-2(3)4;1-2-3;/h1H3,(H,3,4);3H,2H2,1H3;/q;;+1/p-1. The number of hydrogen-bond acceptors (Lipinski definition) is 3. The van der Waals surface area contributed by atoms with Crippen molar-refractivity contribution < 1.29 is 83.9 Å². The molecule has 1 N–H and O–H groups in total. The largest absolute Gasteiger partial charge is 1.00 e. The number of aliphatic hydroxyl groups is 1. The number of rotatable bonds is 0. The van der Waals surface area contributed by atoms with Crippen molar-refractivity contribution in [2.24, 2.45) is 0 Å². The SMILES string of the molecule is CC(=O)[O-].CCO.[Cs+]. The number of carboxylic acid groups (broad SMARTS) is 1. The van der Waals surface area contributed by atoms with Gasteiger partial charge in [-0.3, -0.25) is 0 Å². The van der Waals surface area contributed by atoms with Gasteiger partial charge in [0.15, 0.2) is 0 Å². The first-order chi connectivity index (χ1) is 3.15. The monoisotopic (exact) mass is 238 g/mol. The summed E-state index contributed by atoms with van der Waals surface area (Å²) in [5.41, 5.74) is 0. The van der Waals surface area contributed by atoms with Crippen molar-refractivity contribution >= 4 is 5.97 Å². The molecule has 0 bridgehead atoms. The van der Waals surface area contributed by atoms with Crippen LogP contribution in [0.4, 0.5) is 0 Å². The maximum atomic E-state index is 8.89. The van der Waals surface area contributed by atoms with Crippen LogP contribution in [0.15, 0.2) is 0 Å². The first-order valence-electron chi connectivity index (χ1n) is 1.93. The maximum Gasteiger partial charge on any atom is 1.00 e. The van der Waals surface area contributed by atoms with E-state index in [1.807, 2.05) is 0 Å². The van der Waals surface area contributed by atoms with Gasteiger partial charge in [-0.1, -0.05) is 0 Å². The first kappa shape index (κ1) is 16.2. The van der Waals surface area contributed by atoms with Crippen LogP contribution in [-0.4, -0.2) is 17.7 Å². The van der Waals surface area contributed by atoms with Crippen LogP contribution in [0.3, 0.4) is 0 Å². The summed E-state index contributed by atoms with van der Waals surface area (Å²) in [5, 5.41) is 16.5. The van der Waals surface area contributed by atoms with Crippen molar-refractivity contribution in [2.75, 3.05) is 6.61 Å². The summed E-state index contributed by atoms with van der Waals surface area (Å²) in [6.07, 6.45) is 0. The number of carbonyl (C=O) groups excluding carboxylic acids is 1. The van der Waals surface area contributed by atoms with Gasteiger partial charge < -0.3 is 15.0 Å². The van der Waals surface area contributed by atoms with Crippen LogP contribution >= 0.6 is 0 Å². The van der Waals surface area contributed by atoms with Crippen LogP contribution in [-0.2, 0) is 4.79 Å². The fourth-order valence-corrected chi connectivity index (χ4v) is 0. The van der Waals surface area contributed by atoms with E-state index < -0.39 is 5.97 Å². The van der Waals surface area contributed by atoms with Gasteiger partial charge in [-0.15, -0.1) is 0 Å². The van der Waals surface area contributed by atoms with Gasteiger partial charge in [-0.2, -0.15) is 0 Å². The quantitative estimate of drug-likeness (QED) is 0.465. The summed E-state index contributed by atoms with van der Waals surface area (Å²) in [4.78, 5) is 8.89. The van der Waals surface area contributed by atoms with E-state index in [9.17, 15) is 0 Å². The smallest absolute Gasteiger partial charge is 0.550 e. The molecule has 0 amide bonds. The van der Waals surface area contributed by atoms with Crippen molar-refractivity contribution in [2.45, 2.75) is 13.8 Å². The molecule has 0 aliphatic rings. The van der Waals surface area contributed by atoms with E-state index >= 15 is 0 Å². The van der Waals surface area contributed by atoms with Crippen molar-refractivity contribution in [3.05, 3.63) is 0 Å². The average Bonchev–Trinajstić information content (AvgIpc) is 1.33. The van der Waals surface area contributed by atoms with Gasteiger partial charge in [-0.25, -0.2) is 0 Å². The predicted molar refractivity (Wildman–Crippen MR) is 23.4 cm³/mol.